The molecular formula is C12H11BrN2O2S. The largest absolute Gasteiger partial charge is 0.507 e. The van der Waals surface area contributed by atoms with Crippen LogP contribution >= 0.6 is 27.7 Å². The van der Waals surface area contributed by atoms with Crippen molar-refractivity contribution in [2.75, 3.05) is 5.75 Å². The number of phenolic OH excluding ortho intramolecular Hbond substituents is 1. The van der Waals surface area contributed by atoms with Gasteiger partial charge >= 0.3 is 0 Å². The number of hydrogen-bond acceptors (Lipinski definition) is 5. The lowest BCUT2D eigenvalue weighted by molar-refractivity contribution is 0.416. The lowest BCUT2D eigenvalue weighted by atomic mass is 10.2. The van der Waals surface area contributed by atoms with Crippen LogP contribution in [0.5, 0.6) is 5.75 Å². The molecule has 4 nitrogen and oxygen atoms in total. The first-order valence-corrected chi connectivity index (χ1v) is 7.52. The fraction of sp³-hybridized carbons (Fsp3) is 0.333. The minimum Gasteiger partial charge on any atom is -0.507 e. The molecule has 1 N–H and O–H groups in total. The second-order valence-corrected chi connectivity index (χ2v) is 6.35. The van der Waals surface area contributed by atoms with Crippen LogP contribution in [0.4, 0.5) is 0 Å². The fourth-order valence-electron chi connectivity index (χ4n) is 1.94. The van der Waals surface area contributed by atoms with E-state index in [1.165, 1.54) is 6.42 Å². The van der Waals surface area contributed by atoms with Gasteiger partial charge in [-0.15, -0.1) is 0 Å². The van der Waals surface area contributed by atoms with Crippen molar-refractivity contribution in [2.24, 2.45) is 0 Å². The Labute approximate surface area is 117 Å². The van der Waals surface area contributed by atoms with Gasteiger partial charge in [-0.25, -0.2) is 0 Å². The first-order valence-electron chi connectivity index (χ1n) is 5.68. The Hall–Kier alpha value is -1.01. The van der Waals surface area contributed by atoms with Gasteiger partial charge < -0.3 is 9.63 Å². The molecule has 1 aromatic carbocycles. The van der Waals surface area contributed by atoms with Gasteiger partial charge in [-0.2, -0.15) is 16.7 Å². The van der Waals surface area contributed by atoms with Gasteiger partial charge in [0.2, 0.25) is 0 Å². The standard InChI is InChI=1S/C12H11BrN2O2S/c13-7-3-4-8(9(16)6-7)12-14-11(15-17-12)10-2-1-5-18-10/h3-4,6,10,16H,1-2,5H2. The van der Waals surface area contributed by atoms with Crippen LogP contribution in [0.15, 0.2) is 27.2 Å². The van der Waals surface area contributed by atoms with Gasteiger partial charge in [-0.1, -0.05) is 21.1 Å². The Morgan fingerprint density at radius 3 is 3.06 bits per heavy atom. The van der Waals surface area contributed by atoms with Gasteiger partial charge in [0.05, 0.1) is 10.8 Å². The number of rotatable bonds is 2. The molecule has 0 saturated carbocycles. The number of aromatic nitrogens is 2. The predicted octanol–water partition coefficient (Wildman–Crippen LogP) is 3.77. The van der Waals surface area contributed by atoms with Crippen molar-refractivity contribution in [1.29, 1.82) is 0 Å². The summed E-state index contributed by atoms with van der Waals surface area (Å²) in [5.41, 5.74) is 0.569. The number of hydrogen-bond donors (Lipinski definition) is 1. The molecule has 3 rings (SSSR count). The summed E-state index contributed by atoms with van der Waals surface area (Å²) in [4.78, 5) is 4.38. The zero-order valence-electron chi connectivity index (χ0n) is 9.47. The highest BCUT2D eigenvalue weighted by atomic mass is 79.9. The molecule has 0 amide bonds. The summed E-state index contributed by atoms with van der Waals surface area (Å²) in [5.74, 6) is 2.40. The minimum absolute atomic E-state index is 0.138. The number of nitrogens with zero attached hydrogens (tertiary/aromatic N) is 2. The Bertz CT molecular complexity index is 567. The number of thioether (sulfide) groups is 1. The predicted molar refractivity (Wildman–Crippen MR) is 73.5 cm³/mol. The van der Waals surface area contributed by atoms with Crippen molar-refractivity contribution in [2.45, 2.75) is 18.1 Å². The van der Waals surface area contributed by atoms with Crippen molar-refractivity contribution in [3.05, 3.63) is 28.5 Å². The molecule has 0 spiro atoms. The summed E-state index contributed by atoms with van der Waals surface area (Å²) in [6, 6.07) is 5.21. The van der Waals surface area contributed by atoms with Crippen LogP contribution in [-0.2, 0) is 0 Å². The van der Waals surface area contributed by atoms with E-state index in [0.29, 0.717) is 16.7 Å². The van der Waals surface area contributed by atoms with Gasteiger partial charge in [0, 0.05) is 4.47 Å². The SMILES string of the molecule is Oc1cc(Br)ccc1-c1nc(C2CCCS2)no1. The summed E-state index contributed by atoms with van der Waals surface area (Å²) < 4.78 is 6.05. The molecule has 1 unspecified atom stereocenters. The zero-order chi connectivity index (χ0) is 12.5. The van der Waals surface area contributed by atoms with Crippen LogP contribution in [0.3, 0.4) is 0 Å². The van der Waals surface area contributed by atoms with E-state index in [4.69, 9.17) is 4.52 Å². The van der Waals surface area contributed by atoms with Crippen molar-refractivity contribution in [3.8, 4) is 17.2 Å². The topological polar surface area (TPSA) is 59.2 Å². The van der Waals surface area contributed by atoms with E-state index in [1.807, 2.05) is 17.8 Å². The van der Waals surface area contributed by atoms with E-state index in [2.05, 4.69) is 26.1 Å². The highest BCUT2D eigenvalue weighted by Gasteiger charge is 2.23. The molecular weight excluding hydrogens is 316 g/mol. The van der Waals surface area contributed by atoms with Crippen molar-refractivity contribution in [3.63, 3.8) is 0 Å². The van der Waals surface area contributed by atoms with E-state index in [9.17, 15) is 5.11 Å². The van der Waals surface area contributed by atoms with E-state index < -0.39 is 0 Å². The highest BCUT2D eigenvalue weighted by molar-refractivity contribution is 9.10. The van der Waals surface area contributed by atoms with Crippen LogP contribution in [-0.4, -0.2) is 21.0 Å². The van der Waals surface area contributed by atoms with E-state index in [0.717, 1.165) is 22.5 Å². The normalized spacial score (nSPS) is 19.3. The summed E-state index contributed by atoms with van der Waals surface area (Å²) in [6.07, 6.45) is 2.29. The van der Waals surface area contributed by atoms with Crippen molar-refractivity contribution < 1.29 is 9.63 Å². The molecule has 0 radical (unpaired) electrons. The molecule has 94 valence electrons. The Morgan fingerprint density at radius 1 is 1.44 bits per heavy atom. The monoisotopic (exact) mass is 326 g/mol. The molecule has 0 bridgehead atoms. The Morgan fingerprint density at radius 2 is 2.33 bits per heavy atom. The van der Waals surface area contributed by atoms with Gasteiger partial charge in [-0.05, 0) is 36.8 Å². The summed E-state index contributed by atoms with van der Waals surface area (Å²) in [5, 5.41) is 14.2. The van der Waals surface area contributed by atoms with Crippen LogP contribution in [0.2, 0.25) is 0 Å². The van der Waals surface area contributed by atoms with Gasteiger partial charge in [0.25, 0.3) is 5.89 Å². The van der Waals surface area contributed by atoms with Crippen molar-refractivity contribution in [1.82, 2.24) is 10.1 Å². The smallest absolute Gasteiger partial charge is 0.261 e. The molecule has 1 saturated heterocycles. The second-order valence-electron chi connectivity index (χ2n) is 4.12. The molecule has 1 aliphatic rings. The molecule has 1 atom stereocenters. The average molecular weight is 327 g/mol. The maximum atomic E-state index is 9.86. The lowest BCUT2D eigenvalue weighted by Crippen LogP contribution is -1.91. The number of phenols is 1. The molecule has 0 aliphatic carbocycles. The average Bonchev–Trinajstić information content (AvgIpc) is 2.99. The number of benzene rings is 1. The van der Waals surface area contributed by atoms with Crippen molar-refractivity contribution >= 4 is 27.7 Å². The summed E-state index contributed by atoms with van der Waals surface area (Å²) >= 11 is 5.15. The molecule has 2 aromatic rings. The minimum atomic E-state index is 0.138. The fourth-order valence-corrected chi connectivity index (χ4v) is 3.49. The van der Waals surface area contributed by atoms with E-state index >= 15 is 0 Å². The Kier molecular flexibility index (Phi) is 3.30. The maximum absolute atomic E-state index is 9.86. The van der Waals surface area contributed by atoms with Crippen LogP contribution in [0.1, 0.15) is 23.9 Å². The number of aromatic hydroxyl groups is 1. The van der Waals surface area contributed by atoms with E-state index in [1.54, 1.807) is 12.1 Å². The zero-order valence-corrected chi connectivity index (χ0v) is 11.9. The Balaban J connectivity index is 1.92. The quantitative estimate of drug-likeness (QED) is 0.910. The summed E-state index contributed by atoms with van der Waals surface area (Å²) in [6.45, 7) is 0. The van der Waals surface area contributed by atoms with Gasteiger partial charge in [0.1, 0.15) is 5.75 Å². The molecule has 1 aromatic heterocycles. The van der Waals surface area contributed by atoms with E-state index in [-0.39, 0.29) is 5.75 Å². The lowest BCUT2D eigenvalue weighted by Gasteiger charge is -2.00. The molecule has 1 aliphatic heterocycles. The highest BCUT2D eigenvalue weighted by Crippen LogP contribution is 2.39. The maximum Gasteiger partial charge on any atom is 0.261 e. The molecule has 2 heterocycles. The first-order chi connectivity index (χ1) is 8.74. The van der Waals surface area contributed by atoms with Crippen LogP contribution in [0.25, 0.3) is 11.5 Å². The number of halogens is 1. The first kappa shape index (κ1) is 12.0. The molecule has 18 heavy (non-hydrogen) atoms. The van der Waals surface area contributed by atoms with Crippen LogP contribution in [0, 0.1) is 0 Å². The van der Waals surface area contributed by atoms with Crippen LogP contribution < -0.4 is 0 Å². The third kappa shape index (κ3) is 2.27. The van der Waals surface area contributed by atoms with Gasteiger partial charge in [0.15, 0.2) is 5.82 Å². The third-order valence-corrected chi connectivity index (χ3v) is 4.72. The molecule has 1 fully saturated rings. The summed E-state index contributed by atoms with van der Waals surface area (Å²) in [7, 11) is 0. The van der Waals surface area contributed by atoms with Gasteiger partial charge in [-0.3, -0.25) is 0 Å². The molecule has 6 heteroatoms. The third-order valence-electron chi connectivity index (χ3n) is 2.85. The second kappa shape index (κ2) is 4.93.